The third-order valence-corrected chi connectivity index (χ3v) is 4.81. The monoisotopic (exact) mass is 361 g/mol. The smallest absolute Gasteiger partial charge is 0.410 e. The molecule has 8 nitrogen and oxygen atoms in total. The van der Waals surface area contributed by atoms with E-state index in [9.17, 15) is 14.4 Å². The fourth-order valence-electron chi connectivity index (χ4n) is 3.41. The van der Waals surface area contributed by atoms with Crippen LogP contribution in [0.25, 0.3) is 0 Å². The molecule has 2 fully saturated rings. The zero-order chi connectivity index (χ0) is 18.5. The molecule has 0 radical (unpaired) electrons. The summed E-state index contributed by atoms with van der Waals surface area (Å²) in [4.78, 5) is 39.4. The van der Waals surface area contributed by atoms with Gasteiger partial charge in [-0.25, -0.2) is 14.4 Å². The zero-order valence-corrected chi connectivity index (χ0v) is 14.7. The molecular weight excluding hydrogens is 338 g/mol. The Morgan fingerprint density at radius 3 is 2.54 bits per heavy atom. The van der Waals surface area contributed by atoms with Gasteiger partial charge < -0.3 is 24.6 Å². The van der Waals surface area contributed by atoms with Gasteiger partial charge in [-0.05, 0) is 18.4 Å². The maximum atomic E-state index is 12.2. The number of esters is 1. The Kier molecular flexibility index (Phi) is 5.60. The highest BCUT2D eigenvalue weighted by molar-refractivity contribution is 5.87. The number of piperidine rings is 1. The summed E-state index contributed by atoms with van der Waals surface area (Å²) >= 11 is 0. The summed E-state index contributed by atoms with van der Waals surface area (Å²) in [5.74, 6) is -0.423. The molecule has 0 spiro atoms. The van der Waals surface area contributed by atoms with Crippen molar-refractivity contribution in [2.24, 2.45) is 0 Å². The number of hydrogen-bond donors (Lipinski definition) is 1. The van der Waals surface area contributed by atoms with E-state index in [-0.39, 0.29) is 31.3 Å². The van der Waals surface area contributed by atoms with Gasteiger partial charge in [0.15, 0.2) is 0 Å². The molecule has 3 rings (SSSR count). The van der Waals surface area contributed by atoms with Gasteiger partial charge in [0, 0.05) is 19.1 Å². The lowest BCUT2D eigenvalue weighted by atomic mass is 10.0. The van der Waals surface area contributed by atoms with Crippen LogP contribution >= 0.6 is 0 Å². The van der Waals surface area contributed by atoms with Gasteiger partial charge in [0.2, 0.25) is 0 Å². The van der Waals surface area contributed by atoms with Crippen molar-refractivity contribution in [3.05, 3.63) is 35.9 Å². The van der Waals surface area contributed by atoms with Crippen LogP contribution in [-0.2, 0) is 20.9 Å². The van der Waals surface area contributed by atoms with E-state index in [4.69, 9.17) is 9.47 Å². The predicted molar refractivity (Wildman–Crippen MR) is 92.3 cm³/mol. The zero-order valence-electron chi connectivity index (χ0n) is 14.7. The molecule has 2 aliphatic heterocycles. The highest BCUT2D eigenvalue weighted by Gasteiger charge is 2.42. The van der Waals surface area contributed by atoms with E-state index in [1.807, 2.05) is 30.3 Å². The normalized spacial score (nSPS) is 20.7. The van der Waals surface area contributed by atoms with Gasteiger partial charge in [-0.3, -0.25) is 0 Å². The van der Waals surface area contributed by atoms with Crippen LogP contribution in [0.4, 0.5) is 9.59 Å². The molecule has 3 amide bonds. The van der Waals surface area contributed by atoms with Gasteiger partial charge >= 0.3 is 18.1 Å². The predicted octanol–water partition coefficient (Wildman–Crippen LogP) is 1.35. The van der Waals surface area contributed by atoms with Gasteiger partial charge in [0.1, 0.15) is 12.6 Å². The minimum atomic E-state index is -0.603. The Bertz CT molecular complexity index is 658. The Labute approximate surface area is 152 Å². The fraction of sp³-hybridized carbons (Fsp3) is 0.500. The Morgan fingerprint density at radius 1 is 1.19 bits per heavy atom. The van der Waals surface area contributed by atoms with E-state index in [2.05, 4.69) is 5.32 Å². The van der Waals surface area contributed by atoms with Crippen LogP contribution < -0.4 is 5.32 Å². The highest BCUT2D eigenvalue weighted by Crippen LogP contribution is 2.23. The highest BCUT2D eigenvalue weighted by atomic mass is 16.6. The summed E-state index contributed by atoms with van der Waals surface area (Å²) in [5.41, 5.74) is 0.936. The fourth-order valence-corrected chi connectivity index (χ4v) is 3.41. The largest absolute Gasteiger partial charge is 0.467 e. The summed E-state index contributed by atoms with van der Waals surface area (Å²) in [6, 6.07) is 8.55. The number of hydrogen-bond acceptors (Lipinski definition) is 5. The summed E-state index contributed by atoms with van der Waals surface area (Å²) in [5, 5.41) is 2.69. The van der Waals surface area contributed by atoms with Crippen molar-refractivity contribution in [3.63, 3.8) is 0 Å². The van der Waals surface area contributed by atoms with Gasteiger partial charge in [-0.2, -0.15) is 0 Å². The number of benzene rings is 1. The van der Waals surface area contributed by atoms with Crippen LogP contribution in [0.2, 0.25) is 0 Å². The van der Waals surface area contributed by atoms with Crippen molar-refractivity contribution in [2.45, 2.75) is 31.5 Å². The molecule has 1 N–H and O–H groups in total. The number of nitrogens with zero attached hydrogens (tertiary/aromatic N) is 2. The lowest BCUT2D eigenvalue weighted by Crippen LogP contribution is -2.52. The van der Waals surface area contributed by atoms with Gasteiger partial charge in [0.05, 0.1) is 13.7 Å². The Morgan fingerprint density at radius 2 is 1.88 bits per heavy atom. The molecular formula is C18H23N3O5. The maximum absolute atomic E-state index is 12.2. The van der Waals surface area contributed by atoms with Crippen LogP contribution in [0.1, 0.15) is 18.4 Å². The second-order valence-corrected chi connectivity index (χ2v) is 6.39. The van der Waals surface area contributed by atoms with Crippen LogP contribution in [0.3, 0.4) is 0 Å². The minimum absolute atomic E-state index is 0.0974. The number of likely N-dealkylation sites (tertiary alicyclic amines) is 1. The lowest BCUT2D eigenvalue weighted by molar-refractivity contribution is -0.145. The van der Waals surface area contributed by atoms with Crippen LogP contribution in [0, 0.1) is 0 Å². The summed E-state index contributed by atoms with van der Waals surface area (Å²) in [6.45, 7) is 1.45. The molecule has 1 aromatic rings. The summed E-state index contributed by atoms with van der Waals surface area (Å²) < 4.78 is 10.1. The number of carbonyl (C=O) groups excluding carboxylic acids is 3. The van der Waals surface area contributed by atoms with Gasteiger partial charge in [0.25, 0.3) is 0 Å². The summed E-state index contributed by atoms with van der Waals surface area (Å²) in [6.07, 6.45) is 0.839. The van der Waals surface area contributed by atoms with Gasteiger partial charge in [-0.1, -0.05) is 30.3 Å². The minimum Gasteiger partial charge on any atom is -0.467 e. The number of urea groups is 1. The van der Waals surface area contributed by atoms with Crippen molar-refractivity contribution >= 4 is 18.1 Å². The topological polar surface area (TPSA) is 88.2 Å². The molecule has 0 saturated carbocycles. The average molecular weight is 361 g/mol. The van der Waals surface area contributed by atoms with E-state index in [1.165, 1.54) is 7.11 Å². The molecule has 26 heavy (non-hydrogen) atoms. The number of rotatable bonds is 4. The Balaban J connectivity index is 1.51. The molecule has 140 valence electrons. The number of carbonyl (C=O) groups is 3. The second-order valence-electron chi connectivity index (χ2n) is 6.39. The van der Waals surface area contributed by atoms with E-state index < -0.39 is 12.0 Å². The quantitative estimate of drug-likeness (QED) is 0.818. The molecule has 0 bridgehead atoms. The van der Waals surface area contributed by atoms with Crippen molar-refractivity contribution in [3.8, 4) is 0 Å². The lowest BCUT2D eigenvalue weighted by Gasteiger charge is -2.37. The number of ether oxygens (including phenoxy) is 2. The first-order valence-corrected chi connectivity index (χ1v) is 8.69. The molecule has 1 unspecified atom stereocenters. The van der Waals surface area contributed by atoms with E-state index >= 15 is 0 Å². The second kappa shape index (κ2) is 8.07. The number of nitrogens with one attached hydrogen (secondary N) is 1. The molecule has 8 heteroatoms. The van der Waals surface area contributed by atoms with E-state index in [1.54, 1.807) is 9.80 Å². The molecule has 1 aromatic carbocycles. The number of methoxy groups -OCH3 is 1. The summed E-state index contributed by atoms with van der Waals surface area (Å²) in [7, 11) is 1.31. The van der Waals surface area contributed by atoms with Gasteiger partial charge in [-0.15, -0.1) is 0 Å². The van der Waals surface area contributed by atoms with E-state index in [0.29, 0.717) is 25.9 Å². The standard InChI is InChI=1S/C18H23N3O5/c1-25-16(22)15-11-19-17(23)21(15)14-7-9-20(10-8-14)18(24)26-12-13-5-3-2-4-6-13/h2-6,14-15H,7-12H2,1H3,(H,19,23). The van der Waals surface area contributed by atoms with Crippen LogP contribution in [0.15, 0.2) is 30.3 Å². The first kappa shape index (κ1) is 18.0. The first-order chi connectivity index (χ1) is 12.6. The van der Waals surface area contributed by atoms with Crippen LogP contribution in [0.5, 0.6) is 0 Å². The molecule has 1 atom stereocenters. The number of amides is 3. The maximum Gasteiger partial charge on any atom is 0.410 e. The van der Waals surface area contributed by atoms with Crippen molar-refractivity contribution in [2.75, 3.05) is 26.7 Å². The Hall–Kier alpha value is -2.77. The molecule has 2 heterocycles. The molecule has 2 aliphatic rings. The third-order valence-electron chi connectivity index (χ3n) is 4.81. The first-order valence-electron chi connectivity index (χ1n) is 8.69. The molecule has 0 aliphatic carbocycles. The van der Waals surface area contributed by atoms with Crippen LogP contribution in [-0.4, -0.2) is 66.7 Å². The molecule has 2 saturated heterocycles. The van der Waals surface area contributed by atoms with Crippen molar-refractivity contribution in [1.29, 1.82) is 0 Å². The van der Waals surface area contributed by atoms with E-state index in [0.717, 1.165) is 5.56 Å². The molecule has 0 aromatic heterocycles. The van der Waals surface area contributed by atoms with Crippen molar-refractivity contribution < 1.29 is 23.9 Å². The van der Waals surface area contributed by atoms with Crippen molar-refractivity contribution in [1.82, 2.24) is 15.1 Å². The third kappa shape index (κ3) is 3.89. The average Bonchev–Trinajstić information content (AvgIpc) is 3.08. The SMILES string of the molecule is COC(=O)C1CNC(=O)N1C1CCN(C(=O)OCc2ccccc2)CC1.